The van der Waals surface area contributed by atoms with E-state index in [1.807, 2.05) is 13.0 Å². The van der Waals surface area contributed by atoms with E-state index in [1.165, 1.54) is 0 Å². The zero-order valence-corrected chi connectivity index (χ0v) is 9.10. The molecule has 84 valence electrons. The molecule has 0 saturated heterocycles. The molecule has 0 saturated carbocycles. The van der Waals surface area contributed by atoms with Crippen molar-refractivity contribution in [2.24, 2.45) is 5.92 Å². The molecule has 0 aliphatic carbocycles. The van der Waals surface area contributed by atoms with Gasteiger partial charge in [0, 0.05) is 5.69 Å². The van der Waals surface area contributed by atoms with Gasteiger partial charge in [-0.15, -0.1) is 0 Å². The second-order valence-electron chi connectivity index (χ2n) is 3.47. The number of nitriles is 1. The van der Waals surface area contributed by atoms with Crippen molar-refractivity contribution in [3.05, 3.63) is 29.8 Å². The summed E-state index contributed by atoms with van der Waals surface area (Å²) in [4.78, 5) is 11.6. The van der Waals surface area contributed by atoms with Crippen LogP contribution in [0.15, 0.2) is 24.3 Å². The molecule has 0 bridgehead atoms. The molecule has 1 rings (SSSR count). The van der Waals surface area contributed by atoms with Crippen molar-refractivity contribution < 1.29 is 9.90 Å². The van der Waals surface area contributed by atoms with Gasteiger partial charge in [0.25, 0.3) is 0 Å². The van der Waals surface area contributed by atoms with Gasteiger partial charge in [-0.1, -0.05) is 13.0 Å². The van der Waals surface area contributed by atoms with Crippen LogP contribution >= 0.6 is 0 Å². The van der Waals surface area contributed by atoms with E-state index in [2.05, 4.69) is 5.32 Å². The number of anilines is 1. The summed E-state index contributed by atoms with van der Waals surface area (Å²) in [5.74, 6) is -0.620. The number of nitrogens with one attached hydrogen (secondary N) is 1. The summed E-state index contributed by atoms with van der Waals surface area (Å²) >= 11 is 0. The number of amides is 1. The van der Waals surface area contributed by atoms with E-state index in [4.69, 9.17) is 10.4 Å². The fourth-order valence-corrected chi connectivity index (χ4v) is 1.31. The highest BCUT2D eigenvalue weighted by molar-refractivity contribution is 5.92. The zero-order chi connectivity index (χ0) is 12.0. The van der Waals surface area contributed by atoms with Gasteiger partial charge in [0.15, 0.2) is 0 Å². The van der Waals surface area contributed by atoms with Crippen LogP contribution in [0.1, 0.15) is 18.9 Å². The average molecular weight is 218 g/mol. The molecule has 4 nitrogen and oxygen atoms in total. The van der Waals surface area contributed by atoms with E-state index in [-0.39, 0.29) is 12.5 Å². The van der Waals surface area contributed by atoms with Gasteiger partial charge < -0.3 is 10.4 Å². The van der Waals surface area contributed by atoms with Crippen molar-refractivity contribution in [3.8, 4) is 6.07 Å². The summed E-state index contributed by atoms with van der Waals surface area (Å²) in [6, 6.07) is 8.68. The molecule has 0 heterocycles. The summed E-state index contributed by atoms with van der Waals surface area (Å²) < 4.78 is 0. The first-order valence-corrected chi connectivity index (χ1v) is 5.13. The van der Waals surface area contributed by atoms with Crippen LogP contribution in [0.25, 0.3) is 0 Å². The van der Waals surface area contributed by atoms with Crippen molar-refractivity contribution >= 4 is 11.6 Å². The first-order chi connectivity index (χ1) is 7.71. The van der Waals surface area contributed by atoms with Gasteiger partial charge in [-0.25, -0.2) is 0 Å². The molecule has 1 unspecified atom stereocenters. The topological polar surface area (TPSA) is 73.1 Å². The lowest BCUT2D eigenvalue weighted by Crippen LogP contribution is -2.25. The maximum absolute atomic E-state index is 11.6. The molecule has 2 N–H and O–H groups in total. The van der Waals surface area contributed by atoms with Gasteiger partial charge in [-0.3, -0.25) is 4.79 Å². The Bertz CT molecular complexity index is 406. The lowest BCUT2D eigenvalue weighted by Gasteiger charge is -2.12. The van der Waals surface area contributed by atoms with Crippen LogP contribution in [-0.2, 0) is 4.79 Å². The number of carbonyl (C=O) groups excluding carboxylic acids is 1. The minimum Gasteiger partial charge on any atom is -0.396 e. The number of benzene rings is 1. The number of hydrogen-bond donors (Lipinski definition) is 2. The summed E-state index contributed by atoms with van der Waals surface area (Å²) in [5, 5.41) is 20.3. The molecule has 0 aliphatic heterocycles. The lowest BCUT2D eigenvalue weighted by atomic mass is 10.1. The Labute approximate surface area is 94.5 Å². The zero-order valence-electron chi connectivity index (χ0n) is 9.10. The normalized spacial score (nSPS) is 11.6. The summed E-state index contributed by atoms with van der Waals surface area (Å²) in [7, 11) is 0. The average Bonchev–Trinajstić information content (AvgIpc) is 2.31. The third-order valence-electron chi connectivity index (χ3n) is 2.34. The van der Waals surface area contributed by atoms with Crippen LogP contribution in [-0.4, -0.2) is 17.6 Å². The molecule has 0 aromatic heterocycles. The van der Waals surface area contributed by atoms with Crippen LogP contribution in [0, 0.1) is 17.2 Å². The number of nitrogens with zero attached hydrogens (tertiary/aromatic N) is 1. The van der Waals surface area contributed by atoms with Crippen molar-refractivity contribution in [3.63, 3.8) is 0 Å². The van der Waals surface area contributed by atoms with Crippen LogP contribution < -0.4 is 5.32 Å². The molecule has 4 heteroatoms. The van der Waals surface area contributed by atoms with Crippen LogP contribution in [0.2, 0.25) is 0 Å². The minimum absolute atomic E-state index is 0.166. The van der Waals surface area contributed by atoms with E-state index in [9.17, 15) is 4.79 Å². The summed E-state index contributed by atoms with van der Waals surface area (Å²) in [6.45, 7) is 1.67. The molecule has 1 atom stereocenters. The van der Waals surface area contributed by atoms with E-state index >= 15 is 0 Å². The molecule has 16 heavy (non-hydrogen) atoms. The van der Waals surface area contributed by atoms with Gasteiger partial charge in [0.2, 0.25) is 5.91 Å². The van der Waals surface area contributed by atoms with Crippen molar-refractivity contribution in [1.82, 2.24) is 0 Å². The lowest BCUT2D eigenvalue weighted by molar-refractivity contribution is -0.121. The smallest absolute Gasteiger partial charge is 0.229 e. The Morgan fingerprint density at radius 2 is 2.38 bits per heavy atom. The summed E-state index contributed by atoms with van der Waals surface area (Å²) in [6.07, 6.45) is 0.584. The Morgan fingerprint density at radius 1 is 1.62 bits per heavy atom. The second kappa shape index (κ2) is 5.89. The maximum atomic E-state index is 11.6. The third-order valence-corrected chi connectivity index (χ3v) is 2.34. The largest absolute Gasteiger partial charge is 0.396 e. The van der Waals surface area contributed by atoms with Gasteiger partial charge in [-0.05, 0) is 24.6 Å². The van der Waals surface area contributed by atoms with Crippen molar-refractivity contribution in [1.29, 1.82) is 5.26 Å². The highest BCUT2D eigenvalue weighted by Gasteiger charge is 2.14. The predicted molar refractivity (Wildman–Crippen MR) is 60.7 cm³/mol. The number of hydrogen-bond acceptors (Lipinski definition) is 3. The monoisotopic (exact) mass is 218 g/mol. The first kappa shape index (κ1) is 12.2. The molecule has 0 radical (unpaired) electrons. The Hall–Kier alpha value is -1.86. The van der Waals surface area contributed by atoms with Crippen molar-refractivity contribution in [2.75, 3.05) is 11.9 Å². The van der Waals surface area contributed by atoms with Gasteiger partial charge in [-0.2, -0.15) is 5.26 Å². The Morgan fingerprint density at radius 3 is 2.94 bits per heavy atom. The molecular formula is C12H14N2O2. The number of rotatable bonds is 4. The minimum atomic E-state index is -0.397. The standard InChI is InChI=1S/C12H14N2O2/c1-2-10(8-15)12(16)14-11-5-3-4-9(6-11)7-13/h3-6,10,15H,2,8H2,1H3,(H,14,16). The van der Waals surface area contributed by atoms with Crippen LogP contribution in [0.4, 0.5) is 5.69 Å². The second-order valence-corrected chi connectivity index (χ2v) is 3.47. The first-order valence-electron chi connectivity index (χ1n) is 5.13. The van der Waals surface area contributed by atoms with E-state index < -0.39 is 5.92 Å². The number of carbonyl (C=O) groups is 1. The summed E-state index contributed by atoms with van der Waals surface area (Å²) in [5.41, 5.74) is 1.07. The van der Waals surface area contributed by atoms with Crippen molar-refractivity contribution in [2.45, 2.75) is 13.3 Å². The fraction of sp³-hybridized carbons (Fsp3) is 0.333. The molecule has 1 aromatic rings. The van der Waals surface area contributed by atoms with E-state index in [0.29, 0.717) is 17.7 Å². The highest BCUT2D eigenvalue weighted by Crippen LogP contribution is 2.12. The van der Waals surface area contributed by atoms with Gasteiger partial charge in [0.05, 0.1) is 24.2 Å². The van der Waals surface area contributed by atoms with E-state index in [1.54, 1.807) is 24.3 Å². The molecule has 0 spiro atoms. The SMILES string of the molecule is CCC(CO)C(=O)Nc1cccc(C#N)c1. The number of aliphatic hydroxyl groups is 1. The Kier molecular flexibility index (Phi) is 4.49. The Balaban J connectivity index is 2.73. The maximum Gasteiger partial charge on any atom is 0.229 e. The van der Waals surface area contributed by atoms with E-state index in [0.717, 1.165) is 0 Å². The predicted octanol–water partition coefficient (Wildman–Crippen LogP) is 1.52. The molecular weight excluding hydrogens is 204 g/mol. The van der Waals surface area contributed by atoms with Gasteiger partial charge in [0.1, 0.15) is 0 Å². The molecule has 1 amide bonds. The molecule has 0 fully saturated rings. The van der Waals surface area contributed by atoms with Gasteiger partial charge >= 0.3 is 0 Å². The molecule has 0 aliphatic rings. The quantitative estimate of drug-likeness (QED) is 0.804. The fourth-order valence-electron chi connectivity index (χ4n) is 1.31. The van der Waals surface area contributed by atoms with Crippen LogP contribution in [0.3, 0.4) is 0 Å². The molecule has 1 aromatic carbocycles. The number of aliphatic hydroxyl groups excluding tert-OH is 1. The van der Waals surface area contributed by atoms with Crippen LogP contribution in [0.5, 0.6) is 0 Å². The highest BCUT2D eigenvalue weighted by atomic mass is 16.3. The third kappa shape index (κ3) is 3.07.